The molecule has 0 amide bonds. The van der Waals surface area contributed by atoms with E-state index in [0.717, 1.165) is 0 Å². The number of nitrogens with zero attached hydrogens (tertiary/aromatic N) is 5. The lowest BCUT2D eigenvalue weighted by Gasteiger charge is -2.04. The lowest BCUT2D eigenvalue weighted by Crippen LogP contribution is -2.05. The Hall–Kier alpha value is -3.29. The minimum absolute atomic E-state index is 0.192. The molecule has 0 bridgehead atoms. The molecule has 3 aromatic heterocycles. The number of aromatic nitrogens is 5. The van der Waals surface area contributed by atoms with Crippen molar-refractivity contribution in [2.24, 2.45) is 0 Å². The maximum atomic E-state index is 14.0. The van der Waals surface area contributed by atoms with Gasteiger partial charge in [0.15, 0.2) is 16.9 Å². The molecule has 23 heavy (non-hydrogen) atoms. The van der Waals surface area contributed by atoms with E-state index in [9.17, 15) is 4.39 Å². The van der Waals surface area contributed by atoms with Crippen LogP contribution in [0.4, 0.5) is 10.1 Å². The van der Waals surface area contributed by atoms with E-state index in [-0.39, 0.29) is 6.54 Å². The fourth-order valence-corrected chi connectivity index (χ4v) is 2.34. The Morgan fingerprint density at radius 1 is 1.22 bits per heavy atom. The Morgan fingerprint density at radius 2 is 2.13 bits per heavy atom. The number of hydrogen-bond acceptors (Lipinski definition) is 6. The van der Waals surface area contributed by atoms with Gasteiger partial charge in [-0.25, -0.2) is 19.0 Å². The van der Waals surface area contributed by atoms with E-state index < -0.39 is 5.82 Å². The van der Waals surface area contributed by atoms with Crippen LogP contribution in [0, 0.1) is 5.82 Å². The fraction of sp³-hybridized carbons (Fsp3) is 0.0667. The largest absolute Gasteiger partial charge is 0.463 e. The molecule has 0 unspecified atom stereocenters. The highest BCUT2D eigenvalue weighted by atomic mass is 19.1. The van der Waals surface area contributed by atoms with Crippen LogP contribution in [0.3, 0.4) is 0 Å². The standard InChI is InChI=1S/C15H11FN6O/c16-11-6-10(17)4-3-9(11)7-22-15-14(20-21-22)13(18-8-19-15)12-2-1-5-23-12/h1-6,8H,7,17H2. The van der Waals surface area contributed by atoms with Crippen LogP contribution in [0.1, 0.15) is 5.56 Å². The first-order chi connectivity index (χ1) is 11.2. The topological polar surface area (TPSA) is 95.7 Å². The van der Waals surface area contributed by atoms with Gasteiger partial charge in [0.05, 0.1) is 12.8 Å². The van der Waals surface area contributed by atoms with Gasteiger partial charge in [-0.15, -0.1) is 5.10 Å². The summed E-state index contributed by atoms with van der Waals surface area (Å²) in [6.45, 7) is 0.192. The van der Waals surface area contributed by atoms with Crippen LogP contribution in [0.2, 0.25) is 0 Å². The van der Waals surface area contributed by atoms with Crippen molar-refractivity contribution in [1.29, 1.82) is 0 Å². The first kappa shape index (κ1) is 13.4. The average molecular weight is 310 g/mol. The summed E-state index contributed by atoms with van der Waals surface area (Å²) >= 11 is 0. The van der Waals surface area contributed by atoms with Crippen LogP contribution in [0.5, 0.6) is 0 Å². The van der Waals surface area contributed by atoms with Gasteiger partial charge in [-0.1, -0.05) is 11.3 Å². The van der Waals surface area contributed by atoms with E-state index in [1.807, 2.05) is 0 Å². The zero-order valence-corrected chi connectivity index (χ0v) is 11.8. The van der Waals surface area contributed by atoms with Gasteiger partial charge in [0.2, 0.25) is 0 Å². The predicted molar refractivity (Wildman–Crippen MR) is 80.7 cm³/mol. The third-order valence-electron chi connectivity index (χ3n) is 3.45. The van der Waals surface area contributed by atoms with Crippen LogP contribution < -0.4 is 5.73 Å². The minimum Gasteiger partial charge on any atom is -0.463 e. The minimum atomic E-state index is -0.394. The van der Waals surface area contributed by atoms with Crippen LogP contribution in [0.15, 0.2) is 47.3 Å². The normalized spacial score (nSPS) is 11.2. The molecule has 0 aliphatic rings. The Kier molecular flexibility index (Phi) is 3.00. The summed E-state index contributed by atoms with van der Waals surface area (Å²) in [7, 11) is 0. The van der Waals surface area contributed by atoms with Crippen molar-refractivity contribution in [2.45, 2.75) is 6.54 Å². The summed E-state index contributed by atoms with van der Waals surface area (Å²) in [5.74, 6) is 0.178. The second-order valence-electron chi connectivity index (χ2n) is 4.97. The smallest absolute Gasteiger partial charge is 0.182 e. The molecule has 0 radical (unpaired) electrons. The van der Waals surface area contributed by atoms with Crippen LogP contribution in [-0.2, 0) is 6.54 Å². The number of fused-ring (bicyclic) bond motifs is 1. The Labute approximate surface area is 129 Å². The zero-order chi connectivity index (χ0) is 15.8. The van der Waals surface area contributed by atoms with E-state index in [0.29, 0.717) is 33.9 Å². The monoisotopic (exact) mass is 310 g/mol. The van der Waals surface area contributed by atoms with Crippen molar-refractivity contribution >= 4 is 16.9 Å². The van der Waals surface area contributed by atoms with Gasteiger partial charge in [-0.05, 0) is 24.3 Å². The second kappa shape index (κ2) is 5.16. The molecule has 2 N–H and O–H groups in total. The highest BCUT2D eigenvalue weighted by Gasteiger charge is 2.16. The van der Waals surface area contributed by atoms with Gasteiger partial charge >= 0.3 is 0 Å². The lowest BCUT2D eigenvalue weighted by molar-refractivity contribution is 0.580. The highest BCUT2D eigenvalue weighted by Crippen LogP contribution is 2.24. The molecule has 114 valence electrons. The van der Waals surface area contributed by atoms with E-state index in [1.54, 1.807) is 30.5 Å². The number of furan rings is 1. The molecule has 0 spiro atoms. The molecule has 0 aliphatic carbocycles. The fourth-order valence-electron chi connectivity index (χ4n) is 2.34. The molecular weight excluding hydrogens is 299 g/mol. The predicted octanol–water partition coefficient (Wildman–Crippen LogP) is 2.25. The summed E-state index contributed by atoms with van der Waals surface area (Å²) in [4.78, 5) is 8.38. The van der Waals surface area contributed by atoms with Crippen LogP contribution in [-0.4, -0.2) is 25.0 Å². The molecule has 4 rings (SSSR count). The summed E-state index contributed by atoms with van der Waals surface area (Å²) in [6.07, 6.45) is 2.96. The Bertz CT molecular complexity index is 979. The molecule has 0 aliphatic heterocycles. The third kappa shape index (κ3) is 2.30. The van der Waals surface area contributed by atoms with Crippen LogP contribution in [0.25, 0.3) is 22.6 Å². The molecular formula is C15H11FN6O. The highest BCUT2D eigenvalue weighted by molar-refractivity contribution is 5.84. The van der Waals surface area contributed by atoms with E-state index in [1.165, 1.54) is 17.1 Å². The molecule has 7 nitrogen and oxygen atoms in total. The van der Waals surface area contributed by atoms with E-state index >= 15 is 0 Å². The summed E-state index contributed by atoms with van der Waals surface area (Å²) in [5, 5.41) is 8.15. The molecule has 4 aromatic rings. The summed E-state index contributed by atoms with van der Waals surface area (Å²) in [5.41, 5.74) is 7.93. The summed E-state index contributed by atoms with van der Waals surface area (Å²) < 4.78 is 20.8. The quantitative estimate of drug-likeness (QED) is 0.583. The van der Waals surface area contributed by atoms with Gasteiger partial charge in [0.25, 0.3) is 0 Å². The number of anilines is 1. The van der Waals surface area contributed by atoms with Gasteiger partial charge in [-0.3, -0.25) is 0 Å². The van der Waals surface area contributed by atoms with Crippen molar-refractivity contribution < 1.29 is 8.81 Å². The molecule has 0 saturated heterocycles. The Morgan fingerprint density at radius 3 is 2.91 bits per heavy atom. The molecule has 1 aromatic carbocycles. The van der Waals surface area contributed by atoms with Crippen molar-refractivity contribution in [1.82, 2.24) is 25.0 Å². The number of nitrogen functional groups attached to an aromatic ring is 1. The van der Waals surface area contributed by atoms with Gasteiger partial charge < -0.3 is 10.2 Å². The Balaban J connectivity index is 1.79. The molecule has 0 saturated carbocycles. The number of nitrogens with two attached hydrogens (primary N) is 1. The maximum Gasteiger partial charge on any atom is 0.182 e. The zero-order valence-electron chi connectivity index (χ0n) is 11.8. The van der Waals surface area contributed by atoms with Crippen molar-refractivity contribution in [3.8, 4) is 11.5 Å². The SMILES string of the molecule is Nc1ccc(Cn2nnc3c(-c4ccco4)ncnc32)c(F)c1. The first-order valence-corrected chi connectivity index (χ1v) is 6.84. The molecule has 8 heteroatoms. The van der Waals surface area contributed by atoms with E-state index in [2.05, 4.69) is 20.3 Å². The first-order valence-electron chi connectivity index (χ1n) is 6.84. The van der Waals surface area contributed by atoms with Gasteiger partial charge in [0.1, 0.15) is 17.8 Å². The van der Waals surface area contributed by atoms with Crippen molar-refractivity contribution in [3.05, 3.63) is 54.3 Å². The molecule has 0 fully saturated rings. The number of hydrogen-bond donors (Lipinski definition) is 1. The van der Waals surface area contributed by atoms with Crippen molar-refractivity contribution in [2.75, 3.05) is 5.73 Å². The number of halogens is 1. The van der Waals surface area contributed by atoms with E-state index in [4.69, 9.17) is 10.2 Å². The van der Waals surface area contributed by atoms with Gasteiger partial charge in [-0.2, -0.15) is 0 Å². The number of rotatable bonds is 3. The number of benzene rings is 1. The maximum absolute atomic E-state index is 14.0. The molecule has 0 atom stereocenters. The lowest BCUT2D eigenvalue weighted by atomic mass is 10.2. The third-order valence-corrected chi connectivity index (χ3v) is 3.45. The van der Waals surface area contributed by atoms with Crippen LogP contribution >= 0.6 is 0 Å². The van der Waals surface area contributed by atoms with Crippen molar-refractivity contribution in [3.63, 3.8) is 0 Å². The summed E-state index contributed by atoms with van der Waals surface area (Å²) in [6, 6.07) is 8.07. The van der Waals surface area contributed by atoms with Gasteiger partial charge in [0, 0.05) is 11.3 Å². The molecule has 3 heterocycles. The average Bonchev–Trinajstić information content (AvgIpc) is 3.20. The second-order valence-corrected chi connectivity index (χ2v) is 4.97.